The summed E-state index contributed by atoms with van der Waals surface area (Å²) in [6, 6.07) is 23.6. The second-order valence-electron chi connectivity index (χ2n) is 11.6. The molecular weight excluding hydrogens is 600 g/mol. The first-order valence-electron chi connectivity index (χ1n) is 14.7. The first-order valence-corrected chi connectivity index (χ1v) is 16.6. The summed E-state index contributed by atoms with van der Waals surface area (Å²) >= 11 is 0. The molecule has 9 nitrogen and oxygen atoms in total. The molecule has 2 aliphatic rings. The van der Waals surface area contributed by atoms with Crippen LogP contribution in [-0.4, -0.2) is 69.7 Å². The topological polar surface area (TPSA) is 108 Å². The number of hydrogen-bond acceptors (Lipinski definition) is 6. The van der Waals surface area contributed by atoms with Crippen molar-refractivity contribution in [3.05, 3.63) is 90.0 Å². The molecule has 1 unspecified atom stereocenters. The van der Waals surface area contributed by atoms with Crippen molar-refractivity contribution >= 4 is 39.9 Å². The molecule has 236 valence electrons. The number of amides is 3. The van der Waals surface area contributed by atoms with Gasteiger partial charge in [-0.2, -0.15) is 0 Å². The molecule has 0 bridgehead atoms. The van der Waals surface area contributed by atoms with Crippen molar-refractivity contribution in [2.24, 2.45) is 5.41 Å². The van der Waals surface area contributed by atoms with Crippen LogP contribution in [0.25, 0.3) is 0 Å². The SMILES string of the molecule is COc1cccc(NC(=O)NC(CCN2CCC3(CC2)CCN(Cc2ccc(S(C)(=O)=O)cc2)C3=O)c2ccccc2)c1.Cl. The van der Waals surface area contributed by atoms with E-state index in [4.69, 9.17) is 4.74 Å². The van der Waals surface area contributed by atoms with Gasteiger partial charge in [0.25, 0.3) is 0 Å². The summed E-state index contributed by atoms with van der Waals surface area (Å²) < 4.78 is 28.8. The fourth-order valence-electron chi connectivity index (χ4n) is 6.12. The summed E-state index contributed by atoms with van der Waals surface area (Å²) in [4.78, 5) is 31.1. The molecule has 0 saturated carbocycles. The van der Waals surface area contributed by atoms with Gasteiger partial charge in [0.1, 0.15) is 5.75 Å². The molecule has 0 aromatic heterocycles. The van der Waals surface area contributed by atoms with Gasteiger partial charge in [0.2, 0.25) is 5.91 Å². The van der Waals surface area contributed by atoms with Gasteiger partial charge in [-0.1, -0.05) is 48.5 Å². The van der Waals surface area contributed by atoms with E-state index in [0.29, 0.717) is 18.0 Å². The number of halogens is 1. The second-order valence-corrected chi connectivity index (χ2v) is 13.6. The average Bonchev–Trinajstić information content (AvgIpc) is 3.30. The highest BCUT2D eigenvalue weighted by atomic mass is 35.5. The molecule has 2 fully saturated rings. The summed E-state index contributed by atoms with van der Waals surface area (Å²) in [7, 11) is -1.65. The molecule has 3 aromatic carbocycles. The third kappa shape index (κ3) is 8.11. The number of anilines is 1. The molecule has 2 N–H and O–H groups in total. The van der Waals surface area contributed by atoms with Crippen molar-refractivity contribution in [2.45, 2.75) is 43.2 Å². The molecule has 2 heterocycles. The summed E-state index contributed by atoms with van der Waals surface area (Å²) in [6.45, 7) is 3.69. The normalized spacial score (nSPS) is 17.1. The van der Waals surface area contributed by atoms with Crippen LogP contribution in [0.15, 0.2) is 83.8 Å². The van der Waals surface area contributed by atoms with Crippen LogP contribution in [0.1, 0.15) is 42.9 Å². The number of carbonyl (C=O) groups excluding carboxylic acids is 2. The number of ether oxygens (including phenoxy) is 1. The smallest absolute Gasteiger partial charge is 0.319 e. The molecule has 11 heteroatoms. The van der Waals surface area contributed by atoms with Crippen LogP contribution in [0.5, 0.6) is 5.75 Å². The third-order valence-electron chi connectivity index (χ3n) is 8.71. The monoisotopic (exact) mass is 640 g/mol. The molecule has 0 aliphatic carbocycles. The molecule has 5 rings (SSSR count). The third-order valence-corrected chi connectivity index (χ3v) is 9.84. The van der Waals surface area contributed by atoms with Crippen LogP contribution in [0.4, 0.5) is 10.5 Å². The van der Waals surface area contributed by atoms with Crippen molar-refractivity contribution in [1.29, 1.82) is 0 Å². The van der Waals surface area contributed by atoms with E-state index < -0.39 is 9.84 Å². The molecular formula is C33H41ClN4O5S. The van der Waals surface area contributed by atoms with Crippen LogP contribution >= 0.6 is 12.4 Å². The summed E-state index contributed by atoms with van der Waals surface area (Å²) in [5.74, 6) is 0.879. The van der Waals surface area contributed by atoms with E-state index in [9.17, 15) is 18.0 Å². The molecule has 0 radical (unpaired) electrons. The second kappa shape index (κ2) is 14.5. The van der Waals surface area contributed by atoms with Crippen LogP contribution in [0.3, 0.4) is 0 Å². The van der Waals surface area contributed by atoms with Gasteiger partial charge < -0.3 is 25.2 Å². The molecule has 2 aliphatic heterocycles. The number of sulfone groups is 1. The number of nitrogens with one attached hydrogen (secondary N) is 2. The van der Waals surface area contributed by atoms with Crippen molar-refractivity contribution in [2.75, 3.05) is 44.9 Å². The van der Waals surface area contributed by atoms with Crippen LogP contribution in [0, 0.1) is 5.41 Å². The van der Waals surface area contributed by atoms with Gasteiger partial charge >= 0.3 is 6.03 Å². The Bertz CT molecular complexity index is 1530. The molecule has 3 amide bonds. The molecule has 3 aromatic rings. The van der Waals surface area contributed by atoms with Gasteiger partial charge in [0.15, 0.2) is 9.84 Å². The lowest BCUT2D eigenvalue weighted by Crippen LogP contribution is -2.45. The Labute approximate surface area is 266 Å². The van der Waals surface area contributed by atoms with E-state index in [2.05, 4.69) is 15.5 Å². The minimum absolute atomic E-state index is 0. The number of piperidine rings is 1. The van der Waals surface area contributed by atoms with Crippen LogP contribution < -0.4 is 15.4 Å². The largest absolute Gasteiger partial charge is 0.497 e. The number of hydrogen-bond donors (Lipinski definition) is 2. The Kier molecular flexibility index (Phi) is 10.9. The zero-order valence-corrected chi connectivity index (χ0v) is 26.8. The van der Waals surface area contributed by atoms with E-state index in [0.717, 1.165) is 63.0 Å². The Morgan fingerprint density at radius 3 is 2.30 bits per heavy atom. The lowest BCUT2D eigenvalue weighted by molar-refractivity contribution is -0.138. The standard InChI is InChI=1S/C33H40N4O5S.ClH/c1-42-28-10-6-9-27(23-28)34-32(39)35-30(26-7-4-3-5-8-26)15-19-36-20-16-33(17-21-36)18-22-37(31(33)38)24-25-11-13-29(14-12-25)43(2,40)41;/h3-14,23,30H,15-22,24H2,1-2H3,(H2,34,35,39);1H. The van der Waals surface area contributed by atoms with E-state index in [1.807, 2.05) is 53.4 Å². The number of nitrogens with zero attached hydrogens (tertiary/aromatic N) is 2. The number of likely N-dealkylation sites (tertiary alicyclic amines) is 2. The van der Waals surface area contributed by atoms with Gasteiger partial charge in [-0.3, -0.25) is 4.79 Å². The molecule has 2 saturated heterocycles. The first kappa shape index (κ1) is 33.3. The lowest BCUT2D eigenvalue weighted by Gasteiger charge is -2.38. The van der Waals surface area contributed by atoms with Crippen LogP contribution in [-0.2, 0) is 21.2 Å². The quantitative estimate of drug-likeness (QED) is 0.312. The zero-order valence-electron chi connectivity index (χ0n) is 25.2. The van der Waals surface area contributed by atoms with Gasteiger partial charge in [-0.25, -0.2) is 13.2 Å². The number of carbonyl (C=O) groups is 2. The number of methoxy groups -OCH3 is 1. The maximum absolute atomic E-state index is 13.5. The van der Waals surface area contributed by atoms with Crippen molar-refractivity contribution in [3.63, 3.8) is 0 Å². The highest BCUT2D eigenvalue weighted by molar-refractivity contribution is 7.90. The van der Waals surface area contributed by atoms with E-state index >= 15 is 0 Å². The summed E-state index contributed by atoms with van der Waals surface area (Å²) in [5.41, 5.74) is 2.32. The van der Waals surface area contributed by atoms with Crippen LogP contribution in [0.2, 0.25) is 0 Å². The van der Waals surface area contributed by atoms with Gasteiger partial charge in [-0.15, -0.1) is 12.4 Å². The Hall–Kier alpha value is -3.60. The summed E-state index contributed by atoms with van der Waals surface area (Å²) in [5, 5.41) is 6.05. The van der Waals surface area contributed by atoms with Crippen molar-refractivity contribution < 1.29 is 22.7 Å². The molecule has 44 heavy (non-hydrogen) atoms. The highest BCUT2D eigenvalue weighted by Gasteiger charge is 2.47. The maximum Gasteiger partial charge on any atom is 0.319 e. The summed E-state index contributed by atoms with van der Waals surface area (Å²) in [6.07, 6.45) is 4.41. The van der Waals surface area contributed by atoms with E-state index in [1.54, 1.807) is 37.4 Å². The molecule has 1 spiro atoms. The minimum Gasteiger partial charge on any atom is -0.497 e. The molecule has 1 atom stereocenters. The maximum atomic E-state index is 13.5. The fourth-order valence-corrected chi connectivity index (χ4v) is 6.75. The predicted molar refractivity (Wildman–Crippen MR) is 174 cm³/mol. The van der Waals surface area contributed by atoms with Gasteiger partial charge in [-0.05, 0) is 74.2 Å². The highest BCUT2D eigenvalue weighted by Crippen LogP contribution is 2.42. The Balaban J connectivity index is 0.00000442. The van der Waals surface area contributed by atoms with E-state index in [-0.39, 0.29) is 40.7 Å². The first-order chi connectivity index (χ1) is 20.6. The number of benzene rings is 3. The minimum atomic E-state index is -3.25. The van der Waals surface area contributed by atoms with Gasteiger partial charge in [0, 0.05) is 37.6 Å². The van der Waals surface area contributed by atoms with Crippen molar-refractivity contribution in [3.8, 4) is 5.75 Å². The van der Waals surface area contributed by atoms with E-state index in [1.165, 1.54) is 6.26 Å². The zero-order chi connectivity index (χ0) is 30.5. The Morgan fingerprint density at radius 2 is 1.64 bits per heavy atom. The van der Waals surface area contributed by atoms with Crippen molar-refractivity contribution in [1.82, 2.24) is 15.1 Å². The predicted octanol–water partition coefficient (Wildman–Crippen LogP) is 5.29. The average molecular weight is 641 g/mol. The lowest BCUT2D eigenvalue weighted by atomic mass is 9.77. The Morgan fingerprint density at radius 1 is 0.955 bits per heavy atom. The number of rotatable bonds is 10. The number of urea groups is 1. The van der Waals surface area contributed by atoms with Gasteiger partial charge in [0.05, 0.1) is 23.5 Å². The fraction of sp³-hybridized carbons (Fsp3) is 0.394.